The van der Waals surface area contributed by atoms with Gasteiger partial charge in [0, 0.05) is 19.5 Å². The van der Waals surface area contributed by atoms with E-state index in [-0.39, 0.29) is 12.0 Å². The zero-order chi connectivity index (χ0) is 15.6. The summed E-state index contributed by atoms with van der Waals surface area (Å²) in [6, 6.07) is 3.59. The van der Waals surface area contributed by atoms with Crippen molar-refractivity contribution in [1.29, 1.82) is 0 Å². The van der Waals surface area contributed by atoms with Crippen LogP contribution >= 0.6 is 11.8 Å². The number of carbonyl (C=O) groups is 2. The maximum Gasteiger partial charge on any atom is 0.407 e. The predicted molar refractivity (Wildman–Crippen MR) is 82.9 cm³/mol. The Labute approximate surface area is 133 Å². The van der Waals surface area contributed by atoms with E-state index in [9.17, 15) is 9.59 Å². The van der Waals surface area contributed by atoms with Gasteiger partial charge in [-0.15, -0.1) is 0 Å². The Morgan fingerprint density at radius 1 is 1.41 bits per heavy atom. The second kappa shape index (κ2) is 6.24. The summed E-state index contributed by atoms with van der Waals surface area (Å²) in [6.07, 6.45) is 3.91. The molecule has 2 amide bonds. The highest BCUT2D eigenvalue weighted by Gasteiger charge is 2.42. The number of thioether (sulfide) groups is 1. The molecule has 6 nitrogen and oxygen atoms in total. The first-order chi connectivity index (χ1) is 10.6. The van der Waals surface area contributed by atoms with Crippen LogP contribution in [0.25, 0.3) is 0 Å². The van der Waals surface area contributed by atoms with Crippen molar-refractivity contribution in [2.24, 2.45) is 0 Å². The van der Waals surface area contributed by atoms with E-state index in [2.05, 4.69) is 5.32 Å². The maximum atomic E-state index is 12.5. The van der Waals surface area contributed by atoms with Gasteiger partial charge in [0.25, 0.3) is 5.91 Å². The van der Waals surface area contributed by atoms with Crippen LogP contribution in [-0.2, 0) is 10.5 Å². The third-order valence-electron chi connectivity index (χ3n) is 4.21. The highest BCUT2D eigenvalue weighted by Crippen LogP contribution is 2.30. The van der Waals surface area contributed by atoms with Crippen molar-refractivity contribution in [1.82, 2.24) is 10.2 Å². The van der Waals surface area contributed by atoms with Gasteiger partial charge in [0.15, 0.2) is 5.76 Å². The molecular formula is C15H20N2O4S. The van der Waals surface area contributed by atoms with E-state index in [1.165, 1.54) is 0 Å². The molecule has 0 bridgehead atoms. The zero-order valence-corrected chi connectivity index (χ0v) is 13.4. The van der Waals surface area contributed by atoms with Crippen molar-refractivity contribution in [3.8, 4) is 0 Å². The Bertz CT molecular complexity index is 574. The molecule has 2 aliphatic rings. The number of rotatable bonds is 3. The van der Waals surface area contributed by atoms with Gasteiger partial charge in [-0.2, -0.15) is 11.8 Å². The van der Waals surface area contributed by atoms with E-state index in [4.69, 9.17) is 9.15 Å². The van der Waals surface area contributed by atoms with Gasteiger partial charge >= 0.3 is 6.09 Å². The molecule has 0 aromatic carbocycles. The molecule has 7 heteroatoms. The minimum Gasteiger partial charge on any atom is -0.455 e. The summed E-state index contributed by atoms with van der Waals surface area (Å²) in [4.78, 5) is 25.6. The van der Waals surface area contributed by atoms with Crippen LogP contribution in [0, 0.1) is 0 Å². The van der Waals surface area contributed by atoms with Crippen molar-refractivity contribution in [3.63, 3.8) is 0 Å². The molecule has 22 heavy (non-hydrogen) atoms. The number of ether oxygens (including phenoxy) is 1. The van der Waals surface area contributed by atoms with Gasteiger partial charge in [-0.25, -0.2) is 4.79 Å². The van der Waals surface area contributed by atoms with Crippen molar-refractivity contribution >= 4 is 23.8 Å². The monoisotopic (exact) mass is 324 g/mol. The third kappa shape index (κ3) is 3.09. The number of likely N-dealkylation sites (tertiary alicyclic amines) is 1. The van der Waals surface area contributed by atoms with Crippen molar-refractivity contribution < 1.29 is 18.7 Å². The number of nitrogens with zero attached hydrogens (tertiary/aromatic N) is 1. The lowest BCUT2D eigenvalue weighted by atomic mass is 9.95. The predicted octanol–water partition coefficient (Wildman–Crippen LogP) is 2.25. The number of furan rings is 1. The summed E-state index contributed by atoms with van der Waals surface area (Å²) in [5.74, 6) is 1.89. The largest absolute Gasteiger partial charge is 0.455 e. The van der Waals surface area contributed by atoms with E-state index in [1.54, 1.807) is 22.7 Å². The van der Waals surface area contributed by atoms with E-state index in [0.29, 0.717) is 31.8 Å². The van der Waals surface area contributed by atoms with Gasteiger partial charge in [0.05, 0.1) is 12.3 Å². The second-order valence-electron chi connectivity index (χ2n) is 5.77. The lowest BCUT2D eigenvalue weighted by molar-refractivity contribution is 0.0435. The molecule has 1 aromatic heterocycles. The molecule has 3 heterocycles. The number of amides is 2. The molecule has 1 aromatic rings. The average molecular weight is 324 g/mol. The Morgan fingerprint density at radius 3 is 3.00 bits per heavy atom. The molecule has 1 N–H and O–H groups in total. The number of hydrogen-bond acceptors (Lipinski definition) is 5. The van der Waals surface area contributed by atoms with Crippen LogP contribution < -0.4 is 5.32 Å². The minimum atomic E-state index is -0.445. The molecule has 2 fully saturated rings. The highest BCUT2D eigenvalue weighted by atomic mass is 32.2. The van der Waals surface area contributed by atoms with Gasteiger partial charge in [-0.1, -0.05) is 0 Å². The topological polar surface area (TPSA) is 71.8 Å². The molecule has 0 radical (unpaired) electrons. The molecule has 2 aliphatic heterocycles. The summed E-state index contributed by atoms with van der Waals surface area (Å²) in [6.45, 7) is 1.77. The first-order valence-electron chi connectivity index (χ1n) is 7.46. The van der Waals surface area contributed by atoms with Crippen LogP contribution in [0.4, 0.5) is 4.79 Å². The lowest BCUT2D eigenvalue weighted by Crippen LogP contribution is -2.36. The van der Waals surface area contributed by atoms with E-state index in [1.807, 2.05) is 12.3 Å². The van der Waals surface area contributed by atoms with Crippen molar-refractivity contribution in [2.75, 3.05) is 25.9 Å². The Balaban J connectivity index is 1.65. The molecule has 2 saturated heterocycles. The quantitative estimate of drug-likeness (QED) is 0.923. The van der Waals surface area contributed by atoms with Crippen LogP contribution in [0.2, 0.25) is 0 Å². The van der Waals surface area contributed by atoms with Crippen LogP contribution in [-0.4, -0.2) is 48.4 Å². The molecular weight excluding hydrogens is 304 g/mol. The van der Waals surface area contributed by atoms with E-state index in [0.717, 1.165) is 24.4 Å². The summed E-state index contributed by atoms with van der Waals surface area (Å²) < 4.78 is 11.0. The zero-order valence-electron chi connectivity index (χ0n) is 12.6. The lowest BCUT2D eigenvalue weighted by Gasteiger charge is -2.24. The molecule has 3 rings (SSSR count). The van der Waals surface area contributed by atoms with E-state index >= 15 is 0 Å². The number of nitrogens with one attached hydrogen (secondary N) is 1. The maximum absolute atomic E-state index is 12.5. The van der Waals surface area contributed by atoms with Crippen LogP contribution in [0.1, 0.15) is 35.6 Å². The smallest absolute Gasteiger partial charge is 0.407 e. The molecule has 1 atom stereocenters. The van der Waals surface area contributed by atoms with Gasteiger partial charge < -0.3 is 19.4 Å². The molecule has 0 aliphatic carbocycles. The fourth-order valence-electron chi connectivity index (χ4n) is 3.02. The van der Waals surface area contributed by atoms with Crippen molar-refractivity contribution in [3.05, 3.63) is 23.7 Å². The average Bonchev–Trinajstić information content (AvgIpc) is 3.04. The summed E-state index contributed by atoms with van der Waals surface area (Å²) in [7, 11) is 0. The fraction of sp³-hybridized carbons (Fsp3) is 0.600. The number of alkyl carbamates (subject to hydrolysis) is 1. The summed E-state index contributed by atoms with van der Waals surface area (Å²) >= 11 is 1.66. The molecule has 0 saturated carbocycles. The normalized spacial score (nSPS) is 25.0. The summed E-state index contributed by atoms with van der Waals surface area (Å²) in [5.41, 5.74) is -0.445. The number of carbonyl (C=O) groups excluding carboxylic acids is 2. The van der Waals surface area contributed by atoms with Crippen molar-refractivity contribution in [2.45, 2.75) is 30.6 Å². The van der Waals surface area contributed by atoms with E-state index < -0.39 is 5.60 Å². The molecule has 1 unspecified atom stereocenters. The Hall–Kier alpha value is -1.63. The van der Waals surface area contributed by atoms with Crippen LogP contribution in [0.5, 0.6) is 0 Å². The molecule has 120 valence electrons. The standard InChI is InChI=1S/C15H20N2O4S/c1-22-9-11-3-4-12(20-11)13(18)17-7-2-5-15(6-8-17)10-16-14(19)21-15/h3-4H,2,5-10H2,1H3,(H,16,19). The third-order valence-corrected chi connectivity index (χ3v) is 4.78. The first-order valence-corrected chi connectivity index (χ1v) is 8.85. The SMILES string of the molecule is CSCc1ccc(C(=O)N2CCCC3(CC2)CNC(=O)O3)o1. The Morgan fingerprint density at radius 2 is 2.27 bits per heavy atom. The van der Waals surface area contributed by atoms with Crippen LogP contribution in [0.3, 0.4) is 0 Å². The Kier molecular flexibility index (Phi) is 4.33. The van der Waals surface area contributed by atoms with Crippen LogP contribution in [0.15, 0.2) is 16.5 Å². The summed E-state index contributed by atoms with van der Waals surface area (Å²) in [5, 5.41) is 2.72. The minimum absolute atomic E-state index is 0.0818. The fourth-order valence-corrected chi connectivity index (χ4v) is 3.46. The van der Waals surface area contributed by atoms with Gasteiger partial charge in [0.2, 0.25) is 0 Å². The van der Waals surface area contributed by atoms with Gasteiger partial charge in [-0.3, -0.25) is 4.79 Å². The molecule has 1 spiro atoms. The second-order valence-corrected chi connectivity index (χ2v) is 6.64. The first kappa shape index (κ1) is 15.3. The van der Waals surface area contributed by atoms with Gasteiger partial charge in [0.1, 0.15) is 11.4 Å². The number of hydrogen-bond donors (Lipinski definition) is 1. The van der Waals surface area contributed by atoms with Gasteiger partial charge in [-0.05, 0) is 31.2 Å². The highest BCUT2D eigenvalue weighted by molar-refractivity contribution is 7.97.